The molecule has 2 heterocycles. The molecule has 0 radical (unpaired) electrons. The zero-order valence-corrected chi connectivity index (χ0v) is 14.4. The molecule has 6 nitrogen and oxygen atoms in total. The number of nitrogens with zero attached hydrogens (tertiary/aromatic N) is 1. The highest BCUT2D eigenvalue weighted by molar-refractivity contribution is 7.92. The third-order valence-corrected chi connectivity index (χ3v) is 8.40. The SMILES string of the molecule is CCNCc1csc(S(=O)(=O)N2CCCS(=O)(=O)CC2)c1. The largest absolute Gasteiger partial charge is 0.313 e. The lowest BCUT2D eigenvalue weighted by Crippen LogP contribution is -2.33. The van der Waals surface area contributed by atoms with Gasteiger partial charge in [-0.05, 0) is 30.0 Å². The predicted molar refractivity (Wildman–Crippen MR) is 83.7 cm³/mol. The summed E-state index contributed by atoms with van der Waals surface area (Å²) in [4.78, 5) is 0. The molecule has 0 saturated carbocycles. The molecular formula is C12H20N2O4S3. The molecular weight excluding hydrogens is 332 g/mol. The predicted octanol–water partition coefficient (Wildman–Crippen LogP) is 0.667. The fourth-order valence-electron chi connectivity index (χ4n) is 2.13. The average molecular weight is 353 g/mol. The van der Waals surface area contributed by atoms with Gasteiger partial charge in [-0.2, -0.15) is 4.31 Å². The minimum atomic E-state index is -3.58. The fraction of sp³-hybridized carbons (Fsp3) is 0.667. The summed E-state index contributed by atoms with van der Waals surface area (Å²) in [5.74, 6) is -0.0308. The van der Waals surface area contributed by atoms with E-state index in [1.807, 2.05) is 12.3 Å². The van der Waals surface area contributed by atoms with E-state index < -0.39 is 19.9 Å². The van der Waals surface area contributed by atoms with Gasteiger partial charge in [0.15, 0.2) is 9.84 Å². The van der Waals surface area contributed by atoms with Crippen LogP contribution in [0.1, 0.15) is 18.9 Å². The Morgan fingerprint density at radius 2 is 2.10 bits per heavy atom. The molecule has 1 aromatic rings. The van der Waals surface area contributed by atoms with Crippen LogP contribution in [0.15, 0.2) is 15.7 Å². The molecule has 0 amide bonds. The van der Waals surface area contributed by atoms with E-state index in [1.54, 1.807) is 6.07 Å². The van der Waals surface area contributed by atoms with Crippen molar-refractivity contribution >= 4 is 31.2 Å². The van der Waals surface area contributed by atoms with Gasteiger partial charge in [-0.1, -0.05) is 6.92 Å². The van der Waals surface area contributed by atoms with E-state index in [1.165, 1.54) is 15.6 Å². The molecule has 0 bridgehead atoms. The van der Waals surface area contributed by atoms with Gasteiger partial charge < -0.3 is 5.32 Å². The highest BCUT2D eigenvalue weighted by Gasteiger charge is 2.29. The summed E-state index contributed by atoms with van der Waals surface area (Å²) in [6.45, 7) is 3.76. The van der Waals surface area contributed by atoms with Crippen molar-refractivity contribution in [2.24, 2.45) is 0 Å². The Morgan fingerprint density at radius 1 is 1.33 bits per heavy atom. The first-order valence-electron chi connectivity index (χ1n) is 6.84. The normalized spacial score (nSPS) is 20.2. The van der Waals surface area contributed by atoms with E-state index in [4.69, 9.17) is 0 Å². The Kier molecular flexibility index (Phi) is 5.42. The molecule has 120 valence electrons. The van der Waals surface area contributed by atoms with Crippen LogP contribution in [0.5, 0.6) is 0 Å². The Hall–Kier alpha value is -0.480. The van der Waals surface area contributed by atoms with Crippen molar-refractivity contribution in [3.05, 3.63) is 17.0 Å². The van der Waals surface area contributed by atoms with E-state index in [2.05, 4.69) is 5.32 Å². The van der Waals surface area contributed by atoms with Crippen LogP contribution in [0.2, 0.25) is 0 Å². The molecule has 9 heteroatoms. The molecule has 1 aliphatic rings. The summed E-state index contributed by atoms with van der Waals surface area (Å²) in [5, 5.41) is 4.97. The van der Waals surface area contributed by atoms with E-state index in [9.17, 15) is 16.8 Å². The van der Waals surface area contributed by atoms with Crippen molar-refractivity contribution in [3.63, 3.8) is 0 Å². The van der Waals surface area contributed by atoms with Crippen molar-refractivity contribution in [1.29, 1.82) is 0 Å². The van der Waals surface area contributed by atoms with Gasteiger partial charge in [0.2, 0.25) is 0 Å². The summed E-state index contributed by atoms with van der Waals surface area (Å²) < 4.78 is 49.8. The number of thiophene rings is 1. The van der Waals surface area contributed by atoms with Crippen LogP contribution >= 0.6 is 11.3 Å². The zero-order valence-electron chi connectivity index (χ0n) is 11.9. The van der Waals surface area contributed by atoms with Crippen molar-refractivity contribution < 1.29 is 16.8 Å². The minimum Gasteiger partial charge on any atom is -0.313 e. The summed E-state index contributed by atoms with van der Waals surface area (Å²) >= 11 is 1.19. The van der Waals surface area contributed by atoms with Crippen LogP contribution in [0.25, 0.3) is 0 Å². The highest BCUT2D eigenvalue weighted by atomic mass is 32.2. The Labute approximate surface area is 130 Å². The maximum atomic E-state index is 12.6. The quantitative estimate of drug-likeness (QED) is 0.842. The number of sulfonamides is 1. The Balaban J connectivity index is 2.15. The second-order valence-corrected chi connectivity index (χ2v) is 10.3. The molecule has 21 heavy (non-hydrogen) atoms. The van der Waals surface area contributed by atoms with Gasteiger partial charge in [-0.25, -0.2) is 16.8 Å². The van der Waals surface area contributed by atoms with Gasteiger partial charge in [0.1, 0.15) is 4.21 Å². The van der Waals surface area contributed by atoms with Crippen LogP contribution in [-0.2, 0) is 26.4 Å². The van der Waals surface area contributed by atoms with Gasteiger partial charge in [0, 0.05) is 19.6 Å². The Morgan fingerprint density at radius 3 is 2.81 bits per heavy atom. The number of rotatable bonds is 5. The fourth-order valence-corrected chi connectivity index (χ4v) is 6.36. The third-order valence-electron chi connectivity index (χ3n) is 3.32. The van der Waals surface area contributed by atoms with E-state index in [0.717, 1.165) is 12.1 Å². The average Bonchev–Trinajstić information content (AvgIpc) is 2.81. The van der Waals surface area contributed by atoms with Crippen molar-refractivity contribution in [2.75, 3.05) is 31.1 Å². The van der Waals surface area contributed by atoms with Crippen LogP contribution in [0.3, 0.4) is 0 Å². The van der Waals surface area contributed by atoms with Gasteiger partial charge in [-0.3, -0.25) is 0 Å². The summed E-state index contributed by atoms with van der Waals surface area (Å²) in [7, 11) is -6.69. The Bertz CT molecular complexity index is 679. The van der Waals surface area contributed by atoms with Crippen molar-refractivity contribution in [3.8, 4) is 0 Å². The molecule has 1 fully saturated rings. The maximum Gasteiger partial charge on any atom is 0.252 e. The van der Waals surface area contributed by atoms with E-state index in [-0.39, 0.29) is 28.8 Å². The molecule has 1 aliphatic heterocycles. The summed E-state index contributed by atoms with van der Waals surface area (Å²) in [6, 6.07) is 1.67. The maximum absolute atomic E-state index is 12.6. The molecule has 0 aliphatic carbocycles. The summed E-state index contributed by atoms with van der Waals surface area (Å²) in [5.41, 5.74) is 0.933. The van der Waals surface area contributed by atoms with Gasteiger partial charge in [0.25, 0.3) is 10.0 Å². The standard InChI is InChI=1S/C12H20N2O4S3/c1-2-13-9-11-8-12(19-10-11)21(17,18)14-4-3-6-20(15,16)7-5-14/h8,10,13H,2-7,9H2,1H3. The molecule has 0 spiro atoms. The van der Waals surface area contributed by atoms with Crippen molar-refractivity contribution in [1.82, 2.24) is 9.62 Å². The second-order valence-electron chi connectivity index (χ2n) is 4.96. The lowest BCUT2D eigenvalue weighted by atomic mass is 10.3. The van der Waals surface area contributed by atoms with Crippen LogP contribution in [0, 0.1) is 0 Å². The number of hydrogen-bond acceptors (Lipinski definition) is 6. The second kappa shape index (κ2) is 6.74. The lowest BCUT2D eigenvalue weighted by Gasteiger charge is -2.18. The first kappa shape index (κ1) is 16.9. The van der Waals surface area contributed by atoms with E-state index in [0.29, 0.717) is 13.0 Å². The van der Waals surface area contributed by atoms with E-state index >= 15 is 0 Å². The number of sulfone groups is 1. The highest BCUT2D eigenvalue weighted by Crippen LogP contribution is 2.25. The molecule has 1 N–H and O–H groups in total. The number of hydrogen-bond donors (Lipinski definition) is 1. The molecule has 2 rings (SSSR count). The van der Waals surface area contributed by atoms with Crippen molar-refractivity contribution in [2.45, 2.75) is 24.1 Å². The van der Waals surface area contributed by atoms with Gasteiger partial charge >= 0.3 is 0 Å². The first-order valence-corrected chi connectivity index (χ1v) is 11.0. The molecule has 1 saturated heterocycles. The summed E-state index contributed by atoms with van der Waals surface area (Å²) in [6.07, 6.45) is 0.358. The monoisotopic (exact) mass is 352 g/mol. The van der Waals surface area contributed by atoms with Gasteiger partial charge in [-0.15, -0.1) is 11.3 Å². The molecule has 0 atom stereocenters. The topological polar surface area (TPSA) is 83.6 Å². The van der Waals surface area contributed by atoms with Crippen LogP contribution in [-0.4, -0.2) is 52.3 Å². The third kappa shape index (κ3) is 4.26. The molecule has 0 aromatic carbocycles. The molecule has 0 unspecified atom stereocenters. The first-order chi connectivity index (χ1) is 9.85. The smallest absolute Gasteiger partial charge is 0.252 e. The minimum absolute atomic E-state index is 0.0467. The van der Waals surface area contributed by atoms with Crippen LogP contribution in [0.4, 0.5) is 0 Å². The van der Waals surface area contributed by atoms with Gasteiger partial charge in [0.05, 0.1) is 11.5 Å². The molecule has 1 aromatic heterocycles. The zero-order chi connectivity index (χ0) is 15.5. The lowest BCUT2D eigenvalue weighted by molar-refractivity contribution is 0.436. The van der Waals surface area contributed by atoms with Crippen LogP contribution < -0.4 is 5.32 Å². The number of nitrogens with one attached hydrogen (secondary N) is 1.